The molecule has 2 fully saturated rings. The van der Waals surface area contributed by atoms with Crippen molar-refractivity contribution < 1.29 is 9.47 Å². The lowest BCUT2D eigenvalue weighted by Crippen LogP contribution is -2.02. The van der Waals surface area contributed by atoms with Gasteiger partial charge in [-0.25, -0.2) is 0 Å². The van der Waals surface area contributed by atoms with Crippen LogP contribution in [0.25, 0.3) is 0 Å². The molecule has 52 valence electrons. The molecule has 2 saturated heterocycles. The second-order valence-electron chi connectivity index (χ2n) is 2.92. The molecule has 0 saturated carbocycles. The molecule has 0 bridgehead atoms. The monoisotopic (exact) mass is 128 g/mol. The Morgan fingerprint density at radius 1 is 1.33 bits per heavy atom. The smallest absolute Gasteiger partial charge is 0.0813 e. The van der Waals surface area contributed by atoms with Crippen LogP contribution in [0.1, 0.15) is 12.8 Å². The molecule has 2 aliphatic heterocycles. The number of hydrogen-bond donors (Lipinski definition) is 0. The number of hydrogen-bond acceptors (Lipinski definition) is 2. The van der Waals surface area contributed by atoms with E-state index in [0.717, 1.165) is 25.7 Å². The summed E-state index contributed by atoms with van der Waals surface area (Å²) in [5, 5.41) is 0. The molecule has 0 unspecified atom stereocenters. The van der Waals surface area contributed by atoms with E-state index >= 15 is 0 Å². The van der Waals surface area contributed by atoms with Gasteiger partial charge in [-0.05, 0) is 18.8 Å². The van der Waals surface area contributed by atoms with Crippen molar-refractivity contribution in [3.05, 3.63) is 0 Å². The van der Waals surface area contributed by atoms with Gasteiger partial charge >= 0.3 is 0 Å². The topological polar surface area (TPSA) is 21.8 Å². The van der Waals surface area contributed by atoms with E-state index in [9.17, 15) is 0 Å². The SMILES string of the molecule is C1C[C@@H](C[C@H]2CO2)CO1. The standard InChI is InChI=1S/C7H12O2/c1-2-8-4-6(1)3-7-5-9-7/h6-7H,1-5H2/t6-,7-/m0/s1. The summed E-state index contributed by atoms with van der Waals surface area (Å²) in [7, 11) is 0. The van der Waals surface area contributed by atoms with Crippen molar-refractivity contribution in [2.24, 2.45) is 5.92 Å². The van der Waals surface area contributed by atoms with Crippen molar-refractivity contribution in [1.29, 1.82) is 0 Å². The molecule has 2 heterocycles. The summed E-state index contributed by atoms with van der Waals surface area (Å²) in [6, 6.07) is 0. The highest BCUT2D eigenvalue weighted by Gasteiger charge is 2.28. The van der Waals surface area contributed by atoms with E-state index in [1.54, 1.807) is 0 Å². The first kappa shape index (κ1) is 5.69. The molecule has 2 rings (SSSR count). The van der Waals surface area contributed by atoms with Crippen LogP contribution in [0.3, 0.4) is 0 Å². The van der Waals surface area contributed by atoms with Gasteiger partial charge in [0.1, 0.15) is 0 Å². The van der Waals surface area contributed by atoms with Crippen molar-refractivity contribution in [3.8, 4) is 0 Å². The van der Waals surface area contributed by atoms with Crippen molar-refractivity contribution in [3.63, 3.8) is 0 Å². The van der Waals surface area contributed by atoms with E-state index in [4.69, 9.17) is 9.47 Å². The van der Waals surface area contributed by atoms with E-state index in [-0.39, 0.29) is 0 Å². The van der Waals surface area contributed by atoms with Gasteiger partial charge in [0.25, 0.3) is 0 Å². The maximum Gasteiger partial charge on any atom is 0.0813 e. The van der Waals surface area contributed by atoms with Crippen molar-refractivity contribution >= 4 is 0 Å². The molecule has 0 radical (unpaired) electrons. The molecular formula is C7H12O2. The summed E-state index contributed by atoms with van der Waals surface area (Å²) in [5.74, 6) is 0.803. The number of rotatable bonds is 2. The average Bonchev–Trinajstić information content (AvgIpc) is 2.46. The Labute approximate surface area is 55.1 Å². The van der Waals surface area contributed by atoms with Crippen LogP contribution < -0.4 is 0 Å². The summed E-state index contributed by atoms with van der Waals surface area (Å²) in [4.78, 5) is 0. The fourth-order valence-corrected chi connectivity index (χ4v) is 1.35. The molecule has 2 atom stereocenters. The predicted octanol–water partition coefficient (Wildman–Crippen LogP) is 0.812. The van der Waals surface area contributed by atoms with Gasteiger partial charge in [0, 0.05) is 13.2 Å². The molecule has 2 heteroatoms. The zero-order valence-electron chi connectivity index (χ0n) is 5.51. The van der Waals surface area contributed by atoms with Gasteiger partial charge in [0.2, 0.25) is 0 Å². The van der Waals surface area contributed by atoms with Crippen molar-refractivity contribution in [2.75, 3.05) is 19.8 Å². The number of epoxide rings is 1. The van der Waals surface area contributed by atoms with E-state index in [1.165, 1.54) is 12.8 Å². The van der Waals surface area contributed by atoms with Gasteiger partial charge in [-0.15, -0.1) is 0 Å². The van der Waals surface area contributed by atoms with Crippen molar-refractivity contribution in [1.82, 2.24) is 0 Å². The van der Waals surface area contributed by atoms with Gasteiger partial charge in [-0.2, -0.15) is 0 Å². The quantitative estimate of drug-likeness (QED) is 0.513. The molecule has 0 amide bonds. The zero-order valence-corrected chi connectivity index (χ0v) is 5.51. The molecular weight excluding hydrogens is 116 g/mol. The van der Waals surface area contributed by atoms with Gasteiger partial charge < -0.3 is 9.47 Å². The van der Waals surface area contributed by atoms with Crippen LogP contribution >= 0.6 is 0 Å². The van der Waals surface area contributed by atoms with Crippen LogP contribution in [-0.2, 0) is 9.47 Å². The summed E-state index contributed by atoms with van der Waals surface area (Å²) in [6.45, 7) is 2.94. The van der Waals surface area contributed by atoms with E-state index in [1.807, 2.05) is 0 Å². The molecule has 2 nitrogen and oxygen atoms in total. The Kier molecular flexibility index (Phi) is 1.44. The Hall–Kier alpha value is -0.0800. The summed E-state index contributed by atoms with van der Waals surface area (Å²) >= 11 is 0. The fourth-order valence-electron chi connectivity index (χ4n) is 1.35. The molecule has 0 aliphatic carbocycles. The largest absolute Gasteiger partial charge is 0.381 e. The molecule has 0 aromatic rings. The Morgan fingerprint density at radius 3 is 2.78 bits per heavy atom. The molecule has 9 heavy (non-hydrogen) atoms. The third-order valence-electron chi connectivity index (χ3n) is 2.02. The minimum atomic E-state index is 0.594. The van der Waals surface area contributed by atoms with E-state index in [2.05, 4.69) is 0 Å². The predicted molar refractivity (Wildman–Crippen MR) is 33.3 cm³/mol. The maximum atomic E-state index is 5.23. The van der Waals surface area contributed by atoms with Gasteiger partial charge in [-0.1, -0.05) is 0 Å². The fraction of sp³-hybridized carbons (Fsp3) is 1.00. The summed E-state index contributed by atoms with van der Waals surface area (Å²) < 4.78 is 10.3. The van der Waals surface area contributed by atoms with Crippen LogP contribution in [0.4, 0.5) is 0 Å². The lowest BCUT2D eigenvalue weighted by molar-refractivity contribution is 0.181. The van der Waals surface area contributed by atoms with Crippen LogP contribution in [0, 0.1) is 5.92 Å². The van der Waals surface area contributed by atoms with Crippen LogP contribution in [0.2, 0.25) is 0 Å². The third-order valence-corrected chi connectivity index (χ3v) is 2.02. The van der Waals surface area contributed by atoms with E-state index in [0.29, 0.717) is 6.10 Å². The normalized spacial score (nSPS) is 41.3. The molecule has 0 aromatic heterocycles. The highest BCUT2D eigenvalue weighted by atomic mass is 16.6. The number of ether oxygens (including phenoxy) is 2. The zero-order chi connectivity index (χ0) is 6.10. The first-order valence-corrected chi connectivity index (χ1v) is 3.64. The second-order valence-corrected chi connectivity index (χ2v) is 2.92. The Morgan fingerprint density at radius 2 is 2.22 bits per heavy atom. The van der Waals surface area contributed by atoms with E-state index < -0.39 is 0 Å². The molecule has 0 N–H and O–H groups in total. The van der Waals surface area contributed by atoms with Crippen LogP contribution in [-0.4, -0.2) is 25.9 Å². The van der Waals surface area contributed by atoms with Crippen LogP contribution in [0.5, 0.6) is 0 Å². The third kappa shape index (κ3) is 1.43. The van der Waals surface area contributed by atoms with Gasteiger partial charge in [-0.3, -0.25) is 0 Å². The minimum absolute atomic E-state index is 0.594. The first-order valence-electron chi connectivity index (χ1n) is 3.64. The highest BCUT2D eigenvalue weighted by Crippen LogP contribution is 2.24. The lowest BCUT2D eigenvalue weighted by atomic mass is 10.0. The van der Waals surface area contributed by atoms with Gasteiger partial charge in [0.15, 0.2) is 0 Å². The maximum absolute atomic E-state index is 5.23. The molecule has 0 aromatic carbocycles. The van der Waals surface area contributed by atoms with Crippen molar-refractivity contribution in [2.45, 2.75) is 18.9 Å². The Bertz CT molecular complexity index is 93.1. The summed E-state index contributed by atoms with van der Waals surface area (Å²) in [5.41, 5.74) is 0. The first-order chi connectivity index (χ1) is 4.45. The minimum Gasteiger partial charge on any atom is -0.381 e. The Balaban J connectivity index is 1.70. The lowest BCUT2D eigenvalue weighted by Gasteiger charge is -2.01. The second kappa shape index (κ2) is 2.27. The van der Waals surface area contributed by atoms with Crippen LogP contribution in [0.15, 0.2) is 0 Å². The van der Waals surface area contributed by atoms with Gasteiger partial charge in [0.05, 0.1) is 12.7 Å². The highest BCUT2D eigenvalue weighted by molar-refractivity contribution is 4.75. The average molecular weight is 128 g/mol. The molecule has 0 spiro atoms. The molecule has 2 aliphatic rings. The summed E-state index contributed by atoms with van der Waals surface area (Å²) in [6.07, 6.45) is 3.08.